The molecule has 0 fully saturated rings. The molecule has 4 heteroatoms. The molecule has 1 heterocycles. The van der Waals surface area contributed by atoms with Gasteiger partial charge in [0.05, 0.1) is 12.7 Å². The highest BCUT2D eigenvalue weighted by molar-refractivity contribution is 5.96. The van der Waals surface area contributed by atoms with E-state index < -0.39 is 5.63 Å². The van der Waals surface area contributed by atoms with Gasteiger partial charge in [-0.2, -0.15) is 0 Å². The number of rotatable bonds is 3. The van der Waals surface area contributed by atoms with Crippen molar-refractivity contribution in [1.82, 2.24) is 0 Å². The van der Waals surface area contributed by atoms with Gasteiger partial charge >= 0.3 is 5.63 Å². The molecule has 2 rings (SSSR count). The molecule has 0 aliphatic carbocycles. The van der Waals surface area contributed by atoms with Gasteiger partial charge in [0.15, 0.2) is 5.78 Å². The SMILES string of the molecule is COc1ccc2ccc(=O)oc2c1/C=C/C(C)=O. The highest BCUT2D eigenvalue weighted by atomic mass is 16.5. The Kier molecular flexibility index (Phi) is 3.28. The molecule has 4 nitrogen and oxygen atoms in total. The number of hydrogen-bond donors (Lipinski definition) is 0. The maximum absolute atomic E-state index is 11.3. The molecule has 0 amide bonds. The minimum atomic E-state index is -0.437. The Morgan fingerprint density at radius 2 is 2.00 bits per heavy atom. The molecule has 0 saturated heterocycles. The van der Waals surface area contributed by atoms with Crippen molar-refractivity contribution in [3.8, 4) is 5.75 Å². The summed E-state index contributed by atoms with van der Waals surface area (Å²) >= 11 is 0. The molecule has 0 atom stereocenters. The fourth-order valence-electron chi connectivity index (χ4n) is 1.67. The molecule has 18 heavy (non-hydrogen) atoms. The first-order chi connectivity index (χ1) is 8.61. The molecule has 2 aromatic rings. The van der Waals surface area contributed by atoms with Crippen molar-refractivity contribution >= 4 is 22.8 Å². The number of ether oxygens (including phenoxy) is 1. The third kappa shape index (κ3) is 2.32. The molecular formula is C14H12O4. The summed E-state index contributed by atoms with van der Waals surface area (Å²) in [6.45, 7) is 1.45. The molecule has 0 spiro atoms. The summed E-state index contributed by atoms with van der Waals surface area (Å²) in [5, 5.41) is 0.776. The maximum atomic E-state index is 11.3. The van der Waals surface area contributed by atoms with Crippen LogP contribution < -0.4 is 10.4 Å². The van der Waals surface area contributed by atoms with Gasteiger partial charge in [-0.1, -0.05) is 0 Å². The second-order valence-electron chi connectivity index (χ2n) is 3.80. The Balaban J connectivity index is 2.75. The third-order valence-electron chi connectivity index (χ3n) is 2.49. The molecule has 1 aromatic carbocycles. The van der Waals surface area contributed by atoms with Gasteiger partial charge in [0, 0.05) is 11.5 Å². The number of ketones is 1. The predicted molar refractivity (Wildman–Crippen MR) is 68.8 cm³/mol. The molecule has 0 radical (unpaired) electrons. The second kappa shape index (κ2) is 4.87. The van der Waals surface area contributed by atoms with Gasteiger partial charge in [-0.3, -0.25) is 4.79 Å². The van der Waals surface area contributed by atoms with Crippen LogP contribution in [0.4, 0.5) is 0 Å². The number of methoxy groups -OCH3 is 1. The van der Waals surface area contributed by atoms with Gasteiger partial charge in [0.1, 0.15) is 11.3 Å². The fraction of sp³-hybridized carbons (Fsp3) is 0.143. The van der Waals surface area contributed by atoms with Gasteiger partial charge in [-0.25, -0.2) is 4.79 Å². The topological polar surface area (TPSA) is 56.5 Å². The predicted octanol–water partition coefficient (Wildman–Crippen LogP) is 2.40. The Bertz CT molecular complexity index is 680. The van der Waals surface area contributed by atoms with Crippen LogP contribution in [-0.4, -0.2) is 12.9 Å². The zero-order chi connectivity index (χ0) is 13.1. The quantitative estimate of drug-likeness (QED) is 0.614. The average molecular weight is 244 g/mol. The molecule has 0 bridgehead atoms. The number of benzene rings is 1. The number of carbonyl (C=O) groups is 1. The van der Waals surface area contributed by atoms with Crippen LogP contribution in [0.2, 0.25) is 0 Å². The maximum Gasteiger partial charge on any atom is 0.336 e. The largest absolute Gasteiger partial charge is 0.496 e. The van der Waals surface area contributed by atoms with Crippen molar-refractivity contribution in [3.63, 3.8) is 0 Å². The van der Waals surface area contributed by atoms with Crippen LogP contribution in [0.1, 0.15) is 12.5 Å². The lowest BCUT2D eigenvalue weighted by Gasteiger charge is -2.06. The first-order valence-corrected chi connectivity index (χ1v) is 5.41. The smallest absolute Gasteiger partial charge is 0.336 e. The Hall–Kier alpha value is -2.36. The zero-order valence-electron chi connectivity index (χ0n) is 10.1. The first-order valence-electron chi connectivity index (χ1n) is 5.41. The van der Waals surface area contributed by atoms with Gasteiger partial charge < -0.3 is 9.15 Å². The van der Waals surface area contributed by atoms with Gasteiger partial charge in [0.2, 0.25) is 0 Å². The van der Waals surface area contributed by atoms with E-state index in [4.69, 9.17) is 9.15 Å². The van der Waals surface area contributed by atoms with Crippen LogP contribution in [0.25, 0.3) is 17.0 Å². The van der Waals surface area contributed by atoms with Crippen LogP contribution in [-0.2, 0) is 4.79 Å². The molecule has 0 unspecified atom stereocenters. The van der Waals surface area contributed by atoms with E-state index in [9.17, 15) is 9.59 Å². The van der Waals surface area contributed by atoms with Crippen molar-refractivity contribution in [2.45, 2.75) is 6.92 Å². The Morgan fingerprint density at radius 1 is 1.28 bits per heavy atom. The summed E-state index contributed by atoms with van der Waals surface area (Å²) in [6, 6.07) is 6.59. The highest BCUT2D eigenvalue weighted by Crippen LogP contribution is 2.28. The van der Waals surface area contributed by atoms with Crippen LogP contribution in [0, 0.1) is 0 Å². The summed E-state index contributed by atoms with van der Waals surface area (Å²) in [4.78, 5) is 22.3. The summed E-state index contributed by atoms with van der Waals surface area (Å²) in [5.41, 5.74) is 0.565. The third-order valence-corrected chi connectivity index (χ3v) is 2.49. The normalized spacial score (nSPS) is 11.0. The van der Waals surface area contributed by atoms with Gasteiger partial charge in [-0.15, -0.1) is 0 Å². The molecule has 1 aromatic heterocycles. The lowest BCUT2D eigenvalue weighted by molar-refractivity contribution is -0.112. The average Bonchev–Trinajstić information content (AvgIpc) is 2.35. The second-order valence-corrected chi connectivity index (χ2v) is 3.80. The van der Waals surface area contributed by atoms with Crippen LogP contribution in [0.15, 0.2) is 39.6 Å². The molecule has 0 N–H and O–H groups in total. The molecule has 0 saturated carbocycles. The summed E-state index contributed by atoms with van der Waals surface area (Å²) in [6.07, 6.45) is 3.00. The first kappa shape index (κ1) is 12.1. The Labute approximate surface area is 103 Å². The van der Waals surface area contributed by atoms with Crippen LogP contribution >= 0.6 is 0 Å². The summed E-state index contributed by atoms with van der Waals surface area (Å²) in [5.74, 6) is 0.460. The summed E-state index contributed by atoms with van der Waals surface area (Å²) < 4.78 is 10.4. The molecular weight excluding hydrogens is 232 g/mol. The van der Waals surface area contributed by atoms with E-state index in [1.807, 2.05) is 0 Å². The van der Waals surface area contributed by atoms with Crippen LogP contribution in [0.5, 0.6) is 5.75 Å². The highest BCUT2D eigenvalue weighted by Gasteiger charge is 2.08. The Morgan fingerprint density at radius 3 is 2.67 bits per heavy atom. The molecule has 0 aliphatic heterocycles. The standard InChI is InChI=1S/C14H12O4/c1-9(15)3-6-11-12(17-2)7-4-10-5-8-13(16)18-14(10)11/h3-8H,1-2H3/b6-3+. The minimum Gasteiger partial charge on any atom is -0.496 e. The van der Waals surface area contributed by atoms with E-state index in [1.165, 1.54) is 26.2 Å². The van der Waals surface area contributed by atoms with Gasteiger partial charge in [-0.05, 0) is 37.3 Å². The van der Waals surface area contributed by atoms with E-state index >= 15 is 0 Å². The van der Waals surface area contributed by atoms with E-state index in [-0.39, 0.29) is 5.78 Å². The van der Waals surface area contributed by atoms with Crippen molar-refractivity contribution in [2.24, 2.45) is 0 Å². The van der Waals surface area contributed by atoms with Crippen LogP contribution in [0.3, 0.4) is 0 Å². The van der Waals surface area contributed by atoms with Crippen molar-refractivity contribution < 1.29 is 13.9 Å². The van der Waals surface area contributed by atoms with Crippen molar-refractivity contribution in [2.75, 3.05) is 7.11 Å². The monoisotopic (exact) mass is 244 g/mol. The van der Waals surface area contributed by atoms with Crippen molar-refractivity contribution in [3.05, 3.63) is 46.3 Å². The fourth-order valence-corrected chi connectivity index (χ4v) is 1.67. The van der Waals surface area contributed by atoms with E-state index in [1.54, 1.807) is 24.3 Å². The number of hydrogen-bond acceptors (Lipinski definition) is 4. The number of fused-ring (bicyclic) bond motifs is 1. The number of allylic oxidation sites excluding steroid dienone is 1. The van der Waals surface area contributed by atoms with Gasteiger partial charge in [0.25, 0.3) is 0 Å². The minimum absolute atomic E-state index is 0.0904. The molecule has 92 valence electrons. The van der Waals surface area contributed by atoms with Crippen molar-refractivity contribution in [1.29, 1.82) is 0 Å². The number of carbonyl (C=O) groups excluding carboxylic acids is 1. The van der Waals surface area contributed by atoms with E-state index in [0.717, 1.165) is 5.39 Å². The van der Waals surface area contributed by atoms with E-state index in [2.05, 4.69) is 0 Å². The molecule has 0 aliphatic rings. The lowest BCUT2D eigenvalue weighted by atomic mass is 10.1. The lowest BCUT2D eigenvalue weighted by Crippen LogP contribution is -1.97. The van der Waals surface area contributed by atoms with E-state index in [0.29, 0.717) is 16.9 Å². The summed E-state index contributed by atoms with van der Waals surface area (Å²) in [7, 11) is 1.52. The zero-order valence-corrected chi connectivity index (χ0v) is 10.1.